The topological polar surface area (TPSA) is 9.49 Å². The molecule has 2 aromatic carbocycles. The Bertz CT molecular complexity index is 1340. The molecule has 4 heteroatoms. The van der Waals surface area contributed by atoms with Gasteiger partial charge in [0.1, 0.15) is 7.05 Å². The molecular weight excluding hydrogens is 449 g/mol. The van der Waals surface area contributed by atoms with Crippen molar-refractivity contribution in [3.05, 3.63) is 82.3 Å². The van der Waals surface area contributed by atoms with Gasteiger partial charge in [-0.05, 0) is 64.5 Å². The molecule has 0 fully saturated rings. The molecule has 2 aromatic rings. The predicted octanol–water partition coefficient (Wildman–Crippen LogP) is 7.91. The van der Waals surface area contributed by atoms with Gasteiger partial charge in [-0.25, -0.2) is 4.58 Å². The molecule has 194 valence electrons. The average molecular weight is 495 g/mol. The third-order valence-electron chi connectivity index (χ3n) is 8.41. The van der Waals surface area contributed by atoms with Gasteiger partial charge in [0.2, 0.25) is 0 Å². The van der Waals surface area contributed by atoms with E-state index in [1.54, 1.807) is 0 Å². The van der Waals surface area contributed by atoms with Gasteiger partial charge in [-0.15, -0.1) is 0 Å². The maximum atomic E-state index is 2.63. The fraction of sp³-hybridized carbons (Fsp3) is 0.485. The van der Waals surface area contributed by atoms with E-state index in [1.165, 1.54) is 50.6 Å². The molecule has 3 aliphatic heterocycles. The van der Waals surface area contributed by atoms with Gasteiger partial charge in [-0.3, -0.25) is 0 Å². The largest absolute Gasteiger partial charge is 0.402 e. The zero-order valence-electron chi connectivity index (χ0n) is 25.1. The molecule has 1 unspecified atom stereocenters. The van der Waals surface area contributed by atoms with Crippen LogP contribution in [0.3, 0.4) is 0 Å². The maximum absolute atomic E-state index is 2.63. The smallest absolute Gasteiger partial charge is 0.369 e. The summed E-state index contributed by atoms with van der Waals surface area (Å²) < 4.78 is 2.34. The molecule has 37 heavy (non-hydrogen) atoms. The van der Waals surface area contributed by atoms with Crippen molar-refractivity contribution < 1.29 is 4.58 Å². The Morgan fingerprint density at radius 2 is 1.43 bits per heavy atom. The molecule has 0 N–H and O–H groups in total. The Morgan fingerprint density at radius 3 is 1.97 bits per heavy atom. The molecule has 5 rings (SSSR count). The summed E-state index contributed by atoms with van der Waals surface area (Å²) in [6.07, 6.45) is 7.10. The summed E-state index contributed by atoms with van der Waals surface area (Å²) in [7, 11) is 2.20. The summed E-state index contributed by atoms with van der Waals surface area (Å²) in [5.41, 5.74) is 12.5. The van der Waals surface area contributed by atoms with E-state index >= 15 is 0 Å². The number of aryl methyl sites for hydroxylation is 1. The van der Waals surface area contributed by atoms with E-state index in [0.717, 1.165) is 0 Å². The van der Waals surface area contributed by atoms with Crippen molar-refractivity contribution in [1.82, 2.24) is 0 Å². The van der Waals surface area contributed by atoms with Crippen LogP contribution >= 0.6 is 0 Å². The summed E-state index contributed by atoms with van der Waals surface area (Å²) in [5, 5.41) is 0. The molecular formula is C33H45BN3+. The van der Waals surface area contributed by atoms with Crippen LogP contribution < -0.4 is 9.62 Å². The highest BCUT2D eigenvalue weighted by Crippen LogP contribution is 2.50. The fourth-order valence-electron chi connectivity index (χ4n) is 6.42. The molecule has 0 spiro atoms. The first-order valence-electron chi connectivity index (χ1n) is 13.9. The second kappa shape index (κ2) is 8.12. The van der Waals surface area contributed by atoms with Gasteiger partial charge in [0, 0.05) is 23.3 Å². The molecule has 0 bridgehead atoms. The Hall–Kier alpha value is -2.75. The van der Waals surface area contributed by atoms with Gasteiger partial charge in [-0.2, -0.15) is 0 Å². The van der Waals surface area contributed by atoms with Crippen LogP contribution in [-0.2, 0) is 16.2 Å². The fourth-order valence-corrected chi connectivity index (χ4v) is 6.42. The van der Waals surface area contributed by atoms with E-state index in [0.29, 0.717) is 0 Å². The monoisotopic (exact) mass is 494 g/mol. The summed E-state index contributed by atoms with van der Waals surface area (Å²) in [4.78, 5) is 5.22. The summed E-state index contributed by atoms with van der Waals surface area (Å²) >= 11 is 0. The minimum Gasteiger partial charge on any atom is -0.369 e. The molecule has 3 aliphatic rings. The zero-order chi connectivity index (χ0) is 27.2. The number of anilines is 2. The van der Waals surface area contributed by atoms with E-state index < -0.39 is 0 Å². The highest BCUT2D eigenvalue weighted by Gasteiger charge is 2.55. The van der Waals surface area contributed by atoms with Crippen LogP contribution in [0, 0.1) is 6.92 Å². The maximum Gasteiger partial charge on any atom is 0.402 e. The second-order valence-corrected chi connectivity index (χ2v) is 14.5. The van der Waals surface area contributed by atoms with Crippen molar-refractivity contribution in [3.8, 4) is 0 Å². The quantitative estimate of drug-likeness (QED) is 0.294. The molecule has 0 saturated heterocycles. The lowest BCUT2D eigenvalue weighted by atomic mass is 9.53. The Morgan fingerprint density at radius 1 is 0.838 bits per heavy atom. The van der Waals surface area contributed by atoms with Gasteiger partial charge in [-0.1, -0.05) is 86.6 Å². The summed E-state index contributed by atoms with van der Waals surface area (Å²) in [6, 6.07) is 11.8. The summed E-state index contributed by atoms with van der Waals surface area (Å²) in [6.45, 7) is 25.9. The highest BCUT2D eigenvalue weighted by molar-refractivity contribution is 6.77. The normalized spacial score (nSPS) is 19.4. The number of benzene rings is 2. The van der Waals surface area contributed by atoms with Crippen molar-refractivity contribution in [2.75, 3.05) is 16.7 Å². The van der Waals surface area contributed by atoms with Crippen LogP contribution in [0.25, 0.3) is 0 Å². The first kappa shape index (κ1) is 25.9. The van der Waals surface area contributed by atoms with Gasteiger partial charge in [0.05, 0.1) is 11.4 Å². The Balaban J connectivity index is 1.82. The molecule has 3 nitrogen and oxygen atoms in total. The van der Waals surface area contributed by atoms with Crippen LogP contribution in [0.4, 0.5) is 11.4 Å². The minimum atomic E-state index is 0.00374. The second-order valence-electron chi connectivity index (χ2n) is 14.5. The Kier molecular flexibility index (Phi) is 5.68. The summed E-state index contributed by atoms with van der Waals surface area (Å²) in [5.74, 6) is 0.287. The van der Waals surface area contributed by atoms with Crippen molar-refractivity contribution in [1.29, 1.82) is 0 Å². The average Bonchev–Trinajstić information content (AvgIpc) is 3.31. The first-order valence-corrected chi connectivity index (χ1v) is 13.9. The minimum absolute atomic E-state index is 0.00374. The first-order chi connectivity index (χ1) is 17.0. The standard InChI is InChI=1S/C33H45BN3/c1-21-14-13-15-27-28(21)30-26(16-17-35(30)12)34-36(20-22(2)37(27)34)29-24(32(6,7)8)18-23(31(3,4)5)19-25(29)33(9,10)11/h13-20,26H,1-12H3/q+1. The van der Waals surface area contributed by atoms with E-state index in [4.69, 9.17) is 0 Å². The number of nitrogens with zero attached hydrogens (tertiary/aromatic N) is 3. The predicted molar refractivity (Wildman–Crippen MR) is 161 cm³/mol. The molecule has 0 radical (unpaired) electrons. The van der Waals surface area contributed by atoms with Crippen molar-refractivity contribution >= 4 is 24.1 Å². The number of rotatable bonds is 1. The van der Waals surface area contributed by atoms with Crippen LogP contribution in [0.1, 0.15) is 97.1 Å². The van der Waals surface area contributed by atoms with Gasteiger partial charge in [0.15, 0.2) is 11.9 Å². The van der Waals surface area contributed by atoms with Gasteiger partial charge >= 0.3 is 6.98 Å². The lowest BCUT2D eigenvalue weighted by Crippen LogP contribution is -2.54. The number of hydrogen-bond acceptors (Lipinski definition) is 2. The third kappa shape index (κ3) is 3.99. The highest BCUT2D eigenvalue weighted by atomic mass is 15.3. The lowest BCUT2D eigenvalue weighted by molar-refractivity contribution is -0.418. The van der Waals surface area contributed by atoms with E-state index in [9.17, 15) is 0 Å². The van der Waals surface area contributed by atoms with E-state index in [1.807, 2.05) is 0 Å². The molecule has 0 saturated carbocycles. The van der Waals surface area contributed by atoms with Crippen LogP contribution in [0.2, 0.25) is 5.82 Å². The number of fused-ring (bicyclic) bond motifs is 6. The van der Waals surface area contributed by atoms with Crippen molar-refractivity contribution in [2.45, 2.75) is 98.2 Å². The molecule has 3 heterocycles. The van der Waals surface area contributed by atoms with Crippen LogP contribution in [0.15, 0.2) is 54.5 Å². The van der Waals surface area contributed by atoms with Crippen molar-refractivity contribution in [2.24, 2.45) is 0 Å². The SMILES string of the molecule is CC1=CN(c2c(C(C)(C)C)cc(C(C)(C)C)cc2C(C)(C)C)B2C3C=C[N+](C)=C3c3c(C)cccc3N21. The lowest BCUT2D eigenvalue weighted by Gasteiger charge is -2.42. The van der Waals surface area contributed by atoms with Crippen molar-refractivity contribution in [3.63, 3.8) is 0 Å². The molecule has 0 aliphatic carbocycles. The van der Waals surface area contributed by atoms with Gasteiger partial charge in [0.25, 0.3) is 0 Å². The van der Waals surface area contributed by atoms with E-state index in [-0.39, 0.29) is 29.0 Å². The number of hydrogen-bond donors (Lipinski definition) is 0. The van der Waals surface area contributed by atoms with E-state index in [2.05, 4.69) is 146 Å². The molecule has 1 atom stereocenters. The van der Waals surface area contributed by atoms with Crippen LogP contribution in [0.5, 0.6) is 0 Å². The van der Waals surface area contributed by atoms with Gasteiger partial charge < -0.3 is 9.62 Å². The molecule has 0 amide bonds. The zero-order valence-corrected chi connectivity index (χ0v) is 25.1. The Labute approximate surface area is 225 Å². The number of allylic oxidation sites excluding steroid dienone is 2. The molecule has 0 aromatic heterocycles. The van der Waals surface area contributed by atoms with Crippen LogP contribution in [-0.4, -0.2) is 24.3 Å². The third-order valence-corrected chi connectivity index (χ3v) is 8.41.